The van der Waals surface area contributed by atoms with Crippen molar-refractivity contribution in [2.75, 3.05) is 0 Å². The van der Waals surface area contributed by atoms with Gasteiger partial charge in [-0.15, -0.1) is 0 Å². The summed E-state index contributed by atoms with van der Waals surface area (Å²) < 4.78 is 0. The number of rotatable bonds is 4. The Morgan fingerprint density at radius 2 is 0.750 bits per heavy atom. The lowest BCUT2D eigenvalue weighted by Crippen LogP contribution is -2.24. The van der Waals surface area contributed by atoms with Crippen LogP contribution < -0.4 is 0 Å². The maximum Gasteiger partial charge on any atom is 0.0162 e. The van der Waals surface area contributed by atoms with E-state index < -0.39 is 0 Å². The monoisotopic (exact) mass is 564 g/mol. The van der Waals surface area contributed by atoms with Gasteiger partial charge < -0.3 is 0 Å². The Hall–Kier alpha value is -4.94. The molecule has 0 nitrogen and oxygen atoms in total. The summed E-state index contributed by atoms with van der Waals surface area (Å²) in [5.41, 5.74) is 16.1. The highest BCUT2D eigenvalue weighted by Crippen LogP contribution is 2.62. The van der Waals surface area contributed by atoms with E-state index in [4.69, 9.17) is 0 Å². The smallest absolute Gasteiger partial charge is 0.0162 e. The Balaban J connectivity index is 1.31. The van der Waals surface area contributed by atoms with Crippen LogP contribution in [0.5, 0.6) is 0 Å². The van der Waals surface area contributed by atoms with Crippen LogP contribution in [0.15, 0.2) is 121 Å². The third-order valence-corrected chi connectivity index (χ3v) is 9.97. The van der Waals surface area contributed by atoms with Gasteiger partial charge in [-0.25, -0.2) is 0 Å². The molecule has 0 bridgehead atoms. The molecule has 0 fully saturated rings. The molecule has 44 heavy (non-hydrogen) atoms. The first-order valence-electron chi connectivity index (χ1n) is 15.7. The van der Waals surface area contributed by atoms with Crippen molar-refractivity contribution < 1.29 is 0 Å². The molecule has 212 valence electrons. The summed E-state index contributed by atoms with van der Waals surface area (Å²) in [5, 5.41) is 2.72. The predicted molar refractivity (Wildman–Crippen MR) is 190 cm³/mol. The van der Waals surface area contributed by atoms with Crippen LogP contribution in [-0.2, 0) is 10.8 Å². The highest BCUT2D eigenvalue weighted by Gasteiger charge is 2.47. The van der Waals surface area contributed by atoms with Crippen molar-refractivity contribution in [3.8, 4) is 22.3 Å². The summed E-state index contributed by atoms with van der Waals surface area (Å²) in [6, 6.07) is 44.4. The van der Waals surface area contributed by atoms with Gasteiger partial charge in [-0.1, -0.05) is 173 Å². The van der Waals surface area contributed by atoms with E-state index >= 15 is 0 Å². The van der Waals surface area contributed by atoms with E-state index in [-0.39, 0.29) is 10.8 Å². The van der Waals surface area contributed by atoms with Crippen LogP contribution in [0.3, 0.4) is 0 Å². The standard InChI is InChI=1S/C44H36/c1-43(2)37-27-31(21-19-29-13-7-5-8-14-29)23-25-35(37)39-33-17-11-12-18-34(33)40-36-26-24-32(22-20-30-15-9-6-10-16-30)28-38(36)44(3,4)42(40)41(39)43/h5-28H,1-4H3/b21-19+,22-20+. The van der Waals surface area contributed by atoms with Gasteiger partial charge in [-0.05, 0) is 77.5 Å². The fourth-order valence-electron chi connectivity index (χ4n) is 7.83. The van der Waals surface area contributed by atoms with Gasteiger partial charge in [-0.3, -0.25) is 0 Å². The molecule has 6 aromatic rings. The Labute approximate surface area is 261 Å². The molecule has 0 unspecified atom stereocenters. The Kier molecular flexibility index (Phi) is 5.94. The first-order chi connectivity index (χ1) is 21.3. The third-order valence-electron chi connectivity index (χ3n) is 9.97. The second kappa shape index (κ2) is 9.79. The van der Waals surface area contributed by atoms with Crippen LogP contribution in [0.25, 0.3) is 57.3 Å². The molecule has 0 N–H and O–H groups in total. The van der Waals surface area contributed by atoms with Crippen molar-refractivity contribution in [1.29, 1.82) is 0 Å². The average Bonchev–Trinajstić information content (AvgIpc) is 3.43. The van der Waals surface area contributed by atoms with Gasteiger partial charge in [0, 0.05) is 10.8 Å². The van der Waals surface area contributed by atoms with Gasteiger partial charge in [0.25, 0.3) is 0 Å². The molecule has 8 rings (SSSR count). The minimum Gasteiger partial charge on any atom is -0.0622 e. The summed E-state index contributed by atoms with van der Waals surface area (Å²) in [4.78, 5) is 0. The number of hydrogen-bond donors (Lipinski definition) is 0. The first kappa shape index (κ1) is 26.7. The maximum atomic E-state index is 2.44. The molecular weight excluding hydrogens is 528 g/mol. The molecule has 0 aliphatic heterocycles. The van der Waals surface area contributed by atoms with Gasteiger partial charge in [0.15, 0.2) is 0 Å². The van der Waals surface area contributed by atoms with Gasteiger partial charge in [-0.2, -0.15) is 0 Å². The van der Waals surface area contributed by atoms with E-state index in [0.717, 1.165) is 0 Å². The zero-order valence-electron chi connectivity index (χ0n) is 25.9. The normalized spacial score (nSPS) is 15.5. The molecule has 6 aromatic carbocycles. The largest absolute Gasteiger partial charge is 0.0622 e. The molecule has 0 aromatic heterocycles. The van der Waals surface area contributed by atoms with Crippen LogP contribution in [0.1, 0.15) is 72.2 Å². The van der Waals surface area contributed by atoms with E-state index in [2.05, 4.69) is 173 Å². The Bertz CT molecular complexity index is 1980. The first-order valence-corrected chi connectivity index (χ1v) is 15.7. The van der Waals surface area contributed by atoms with Crippen LogP contribution in [-0.4, -0.2) is 0 Å². The molecule has 0 amide bonds. The summed E-state index contributed by atoms with van der Waals surface area (Å²) in [6.07, 6.45) is 8.93. The minimum atomic E-state index is -0.134. The van der Waals surface area contributed by atoms with Gasteiger partial charge in [0.05, 0.1) is 0 Å². The molecule has 2 aliphatic rings. The summed E-state index contributed by atoms with van der Waals surface area (Å²) in [6.45, 7) is 9.74. The highest BCUT2D eigenvalue weighted by molar-refractivity contribution is 6.13. The second-order valence-electron chi connectivity index (χ2n) is 13.4. The number of benzene rings is 6. The topological polar surface area (TPSA) is 0 Å². The average molecular weight is 565 g/mol. The second-order valence-corrected chi connectivity index (χ2v) is 13.4. The van der Waals surface area contributed by atoms with E-state index in [9.17, 15) is 0 Å². The van der Waals surface area contributed by atoms with Crippen LogP contribution in [0.4, 0.5) is 0 Å². The fraction of sp³-hybridized carbons (Fsp3) is 0.136. The summed E-state index contributed by atoms with van der Waals surface area (Å²) >= 11 is 0. The predicted octanol–water partition coefficient (Wildman–Crippen LogP) is 11.8. The Morgan fingerprint density at radius 3 is 1.16 bits per heavy atom. The molecule has 0 saturated heterocycles. The lowest BCUT2D eigenvalue weighted by molar-refractivity contribution is 0.601. The molecule has 0 saturated carbocycles. The van der Waals surface area contributed by atoms with Crippen molar-refractivity contribution in [1.82, 2.24) is 0 Å². The molecule has 2 aliphatic carbocycles. The lowest BCUT2D eigenvalue weighted by Gasteiger charge is -2.31. The quantitative estimate of drug-likeness (QED) is 0.187. The zero-order valence-corrected chi connectivity index (χ0v) is 25.9. The summed E-state index contributed by atoms with van der Waals surface area (Å²) in [5.74, 6) is 0. The number of hydrogen-bond acceptors (Lipinski definition) is 0. The van der Waals surface area contributed by atoms with Crippen LogP contribution >= 0.6 is 0 Å². The van der Waals surface area contributed by atoms with Gasteiger partial charge in [0.1, 0.15) is 0 Å². The Morgan fingerprint density at radius 1 is 0.386 bits per heavy atom. The van der Waals surface area contributed by atoms with E-state index in [1.54, 1.807) is 0 Å². The van der Waals surface area contributed by atoms with E-state index in [1.165, 1.54) is 77.5 Å². The summed E-state index contributed by atoms with van der Waals surface area (Å²) in [7, 11) is 0. The van der Waals surface area contributed by atoms with Crippen LogP contribution in [0.2, 0.25) is 0 Å². The molecule has 0 radical (unpaired) electrons. The minimum absolute atomic E-state index is 0.134. The highest BCUT2D eigenvalue weighted by atomic mass is 14.5. The number of fused-ring (bicyclic) bond motifs is 10. The van der Waals surface area contributed by atoms with E-state index in [0.29, 0.717) is 0 Å². The third kappa shape index (κ3) is 3.98. The molecule has 0 heterocycles. The van der Waals surface area contributed by atoms with Crippen molar-refractivity contribution in [3.05, 3.63) is 166 Å². The molecular formula is C44H36. The van der Waals surface area contributed by atoms with Gasteiger partial charge >= 0.3 is 0 Å². The molecule has 0 heteroatoms. The van der Waals surface area contributed by atoms with E-state index in [1.807, 2.05) is 0 Å². The van der Waals surface area contributed by atoms with Crippen molar-refractivity contribution in [2.24, 2.45) is 0 Å². The maximum absolute atomic E-state index is 2.44. The van der Waals surface area contributed by atoms with Crippen LogP contribution in [0, 0.1) is 0 Å². The molecule has 0 atom stereocenters. The van der Waals surface area contributed by atoms with Crippen molar-refractivity contribution >= 4 is 35.1 Å². The van der Waals surface area contributed by atoms with Crippen molar-refractivity contribution in [2.45, 2.75) is 38.5 Å². The zero-order chi connectivity index (χ0) is 30.1. The lowest BCUT2D eigenvalue weighted by atomic mass is 9.71. The fourth-order valence-corrected chi connectivity index (χ4v) is 7.83. The molecule has 0 spiro atoms. The van der Waals surface area contributed by atoms with Crippen molar-refractivity contribution in [3.63, 3.8) is 0 Å². The van der Waals surface area contributed by atoms with Gasteiger partial charge in [0.2, 0.25) is 0 Å². The SMILES string of the molecule is CC1(C)c2cc(/C=C/c3ccccc3)ccc2-c2c1c1c(c3ccccc23)-c2ccc(/C=C/c3ccccc3)cc2C1(C)C.